The molecule has 5 rings (SSSR count). The Labute approximate surface area is 146 Å². The third kappa shape index (κ3) is 2.07. The molecule has 1 unspecified atom stereocenters. The lowest BCUT2D eigenvalue weighted by Gasteiger charge is -2.19. The van der Waals surface area contributed by atoms with Gasteiger partial charge in [-0.2, -0.15) is 0 Å². The lowest BCUT2D eigenvalue weighted by atomic mass is 9.83. The molecule has 1 aromatic heterocycles. The molecule has 0 amide bonds. The summed E-state index contributed by atoms with van der Waals surface area (Å²) >= 11 is 0. The van der Waals surface area contributed by atoms with Crippen molar-refractivity contribution in [1.82, 2.24) is 0 Å². The van der Waals surface area contributed by atoms with E-state index in [1.54, 1.807) is 0 Å². The summed E-state index contributed by atoms with van der Waals surface area (Å²) in [6.07, 6.45) is 0. The summed E-state index contributed by atoms with van der Waals surface area (Å²) in [5, 5.41) is 2.32. The summed E-state index contributed by atoms with van der Waals surface area (Å²) in [6.45, 7) is 4.53. The maximum atomic E-state index is 6.24. The number of benzene rings is 3. The van der Waals surface area contributed by atoms with Crippen molar-refractivity contribution >= 4 is 33.3 Å². The van der Waals surface area contributed by atoms with Crippen LogP contribution in [0.2, 0.25) is 0 Å². The highest BCUT2D eigenvalue weighted by atomic mass is 16.3. The predicted molar refractivity (Wildman–Crippen MR) is 104 cm³/mol. The van der Waals surface area contributed by atoms with Gasteiger partial charge in [-0.25, -0.2) is 0 Å². The van der Waals surface area contributed by atoms with Crippen LogP contribution in [-0.2, 0) is 0 Å². The van der Waals surface area contributed by atoms with Crippen molar-refractivity contribution in [2.45, 2.75) is 19.8 Å². The molecule has 2 heteroatoms. The minimum absolute atomic E-state index is 0.301. The number of hydrogen-bond donors (Lipinski definition) is 0. The molecule has 0 aliphatic carbocycles. The van der Waals surface area contributed by atoms with Gasteiger partial charge < -0.3 is 4.42 Å². The lowest BCUT2D eigenvalue weighted by molar-refractivity contribution is 0.609. The van der Waals surface area contributed by atoms with Gasteiger partial charge in [0.25, 0.3) is 0 Å². The first kappa shape index (κ1) is 14.5. The van der Waals surface area contributed by atoms with Gasteiger partial charge in [0.15, 0.2) is 0 Å². The summed E-state index contributed by atoms with van der Waals surface area (Å²) < 4.78 is 6.24. The molecule has 0 saturated heterocycles. The summed E-state index contributed by atoms with van der Waals surface area (Å²) in [5.74, 6) is 0.775. The zero-order valence-electron chi connectivity index (χ0n) is 14.4. The number of aliphatic imine (C=N–C) groups is 1. The van der Waals surface area contributed by atoms with E-state index in [1.165, 1.54) is 5.56 Å². The smallest absolute Gasteiger partial charge is 0.144 e. The second-order valence-electron chi connectivity index (χ2n) is 7.06. The predicted octanol–water partition coefficient (Wildman–Crippen LogP) is 6.46. The second-order valence-corrected chi connectivity index (χ2v) is 7.06. The van der Waals surface area contributed by atoms with Crippen LogP contribution in [0.4, 0.5) is 5.69 Å². The molecule has 0 saturated carbocycles. The van der Waals surface area contributed by atoms with Crippen LogP contribution in [0.3, 0.4) is 0 Å². The first-order valence-corrected chi connectivity index (χ1v) is 8.82. The number of hydrogen-bond acceptors (Lipinski definition) is 2. The number of furan rings is 1. The van der Waals surface area contributed by atoms with Crippen molar-refractivity contribution in [2.24, 2.45) is 10.9 Å². The molecular weight excluding hydrogens is 306 g/mol. The van der Waals surface area contributed by atoms with Crippen LogP contribution in [-0.4, -0.2) is 5.71 Å². The van der Waals surface area contributed by atoms with Gasteiger partial charge in [0.2, 0.25) is 0 Å². The summed E-state index contributed by atoms with van der Waals surface area (Å²) in [4.78, 5) is 5.00. The van der Waals surface area contributed by atoms with E-state index in [1.807, 2.05) is 12.1 Å². The molecule has 122 valence electrons. The average Bonchev–Trinajstić information content (AvgIpc) is 3.20. The van der Waals surface area contributed by atoms with Crippen LogP contribution in [0.25, 0.3) is 21.9 Å². The minimum atomic E-state index is 0.301. The van der Waals surface area contributed by atoms with E-state index >= 15 is 0 Å². The van der Waals surface area contributed by atoms with Crippen molar-refractivity contribution < 1.29 is 4.42 Å². The molecule has 25 heavy (non-hydrogen) atoms. The normalized spacial score (nSPS) is 16.6. The molecule has 0 bridgehead atoms. The molecule has 4 aromatic rings. The Hall–Kier alpha value is -2.87. The van der Waals surface area contributed by atoms with E-state index < -0.39 is 0 Å². The molecule has 0 fully saturated rings. The lowest BCUT2D eigenvalue weighted by Crippen LogP contribution is -2.16. The molecular formula is C23H19NO. The Bertz CT molecular complexity index is 1130. The number of rotatable bonds is 2. The van der Waals surface area contributed by atoms with Gasteiger partial charge in [-0.3, -0.25) is 4.99 Å². The van der Waals surface area contributed by atoms with Crippen LogP contribution in [0.1, 0.15) is 30.9 Å². The Balaban J connectivity index is 1.79. The van der Waals surface area contributed by atoms with Crippen LogP contribution < -0.4 is 0 Å². The minimum Gasteiger partial charge on any atom is -0.455 e. The third-order valence-corrected chi connectivity index (χ3v) is 5.15. The van der Waals surface area contributed by atoms with Crippen LogP contribution in [0.5, 0.6) is 0 Å². The van der Waals surface area contributed by atoms with Crippen molar-refractivity contribution in [2.75, 3.05) is 0 Å². The first-order valence-electron chi connectivity index (χ1n) is 8.82. The highest BCUT2D eigenvalue weighted by Gasteiger charge is 2.32. The van der Waals surface area contributed by atoms with Crippen LogP contribution in [0, 0.1) is 5.92 Å². The molecule has 2 nitrogen and oxygen atoms in total. The van der Waals surface area contributed by atoms with Crippen LogP contribution in [0.15, 0.2) is 76.1 Å². The molecule has 3 aromatic carbocycles. The maximum absolute atomic E-state index is 6.24. The van der Waals surface area contributed by atoms with E-state index in [9.17, 15) is 0 Å². The van der Waals surface area contributed by atoms with Crippen LogP contribution >= 0.6 is 0 Å². The van der Waals surface area contributed by atoms with E-state index in [0.29, 0.717) is 11.8 Å². The Morgan fingerprint density at radius 2 is 1.60 bits per heavy atom. The van der Waals surface area contributed by atoms with E-state index in [2.05, 4.69) is 68.4 Å². The van der Waals surface area contributed by atoms with Gasteiger partial charge in [0.05, 0.1) is 11.4 Å². The fraction of sp³-hybridized carbons (Fsp3) is 0.174. The summed E-state index contributed by atoms with van der Waals surface area (Å²) in [7, 11) is 0. The molecule has 0 spiro atoms. The van der Waals surface area contributed by atoms with E-state index in [-0.39, 0.29) is 0 Å². The van der Waals surface area contributed by atoms with Gasteiger partial charge in [-0.05, 0) is 29.7 Å². The average molecular weight is 325 g/mol. The topological polar surface area (TPSA) is 25.5 Å². The highest BCUT2D eigenvalue weighted by molar-refractivity contribution is 6.19. The van der Waals surface area contributed by atoms with Gasteiger partial charge in [-0.1, -0.05) is 62.4 Å². The molecule has 1 aliphatic rings. The largest absolute Gasteiger partial charge is 0.455 e. The molecule has 1 aliphatic heterocycles. The van der Waals surface area contributed by atoms with Crippen molar-refractivity contribution in [3.8, 4) is 0 Å². The molecule has 1 atom stereocenters. The number of fused-ring (bicyclic) bond motifs is 4. The highest BCUT2D eigenvalue weighted by Crippen LogP contribution is 2.43. The van der Waals surface area contributed by atoms with Gasteiger partial charge in [0, 0.05) is 22.3 Å². The number of nitrogens with zero attached hydrogens (tertiary/aromatic N) is 1. The van der Waals surface area contributed by atoms with Crippen molar-refractivity contribution in [3.05, 3.63) is 77.9 Å². The Morgan fingerprint density at radius 3 is 2.48 bits per heavy atom. The van der Waals surface area contributed by atoms with Gasteiger partial charge >= 0.3 is 0 Å². The van der Waals surface area contributed by atoms with Gasteiger partial charge in [0.1, 0.15) is 11.2 Å². The second kappa shape index (κ2) is 5.32. The van der Waals surface area contributed by atoms with Crippen molar-refractivity contribution in [3.63, 3.8) is 0 Å². The molecule has 0 radical (unpaired) electrons. The Morgan fingerprint density at radius 1 is 0.840 bits per heavy atom. The SMILES string of the molecule is CC(C)C1C(c2cccc3c2oc2ccccc23)=Nc2ccccc21. The summed E-state index contributed by atoms with van der Waals surface area (Å²) in [5.41, 5.74) is 6.53. The molecule has 2 heterocycles. The van der Waals surface area contributed by atoms with Gasteiger partial charge in [-0.15, -0.1) is 0 Å². The zero-order chi connectivity index (χ0) is 17.0. The Kier molecular flexibility index (Phi) is 3.08. The van der Waals surface area contributed by atoms with Crippen molar-refractivity contribution in [1.29, 1.82) is 0 Å². The standard InChI is InChI=1S/C23H19NO/c1-14(2)21-17-9-3-5-12-19(17)24-22(21)18-11-7-10-16-15-8-4-6-13-20(15)25-23(16)18/h3-14,21H,1-2H3. The van der Waals surface area contributed by atoms with E-state index in [0.717, 1.165) is 38.9 Å². The number of para-hydroxylation sites is 3. The molecule has 0 N–H and O–H groups in total. The quantitative estimate of drug-likeness (QED) is 0.415. The van der Waals surface area contributed by atoms with E-state index in [4.69, 9.17) is 9.41 Å². The maximum Gasteiger partial charge on any atom is 0.144 e. The third-order valence-electron chi connectivity index (χ3n) is 5.15. The summed E-state index contributed by atoms with van der Waals surface area (Å²) in [6, 6.07) is 23.1. The first-order chi connectivity index (χ1) is 12.2. The zero-order valence-corrected chi connectivity index (χ0v) is 14.4. The fourth-order valence-electron chi connectivity index (χ4n) is 4.05. The monoisotopic (exact) mass is 325 g/mol. The fourth-order valence-corrected chi connectivity index (χ4v) is 4.05.